The van der Waals surface area contributed by atoms with Crippen molar-refractivity contribution in [3.63, 3.8) is 0 Å². The number of hydrogen-bond acceptors (Lipinski definition) is 2. The zero-order chi connectivity index (χ0) is 20.1. The van der Waals surface area contributed by atoms with E-state index in [0.29, 0.717) is 5.56 Å². The Balaban J connectivity index is 1.66. The van der Waals surface area contributed by atoms with Gasteiger partial charge in [0.05, 0.1) is 18.3 Å². The monoisotopic (exact) mass is 389 g/mol. The van der Waals surface area contributed by atoms with E-state index < -0.39 is 17.7 Å². The van der Waals surface area contributed by atoms with Crippen molar-refractivity contribution in [1.29, 1.82) is 5.26 Å². The summed E-state index contributed by atoms with van der Waals surface area (Å²) in [5.74, 6) is -0.942. The first-order valence-electron chi connectivity index (χ1n) is 9.10. The normalized spacial score (nSPS) is 19.1. The molecule has 0 aromatic heterocycles. The molecule has 1 saturated carbocycles. The van der Waals surface area contributed by atoms with Crippen molar-refractivity contribution in [2.45, 2.75) is 37.7 Å². The summed E-state index contributed by atoms with van der Waals surface area (Å²) < 4.78 is 57.9. The summed E-state index contributed by atoms with van der Waals surface area (Å²) in [5.41, 5.74) is 1.45. The molecule has 2 aromatic carbocycles. The van der Waals surface area contributed by atoms with Crippen LogP contribution in [0.15, 0.2) is 48.6 Å². The molecule has 6 heteroatoms. The molecule has 0 amide bonds. The zero-order valence-electron chi connectivity index (χ0n) is 15.1. The lowest BCUT2D eigenvalue weighted by Crippen LogP contribution is -2.21. The van der Waals surface area contributed by atoms with E-state index >= 15 is 0 Å². The Labute approximate surface area is 161 Å². The standard InChI is InChI=1S/C22H19F4NO/c23-20-12-16(1-2-17(20)13-27)19-8-5-15(11-21(19)24)14-3-6-18(7-4-14)28-10-9-22(25)26/h1-2,5,8-9,11-12,14,18H,3-4,6-7,10H2. The third-order valence-corrected chi connectivity index (χ3v) is 5.11. The summed E-state index contributed by atoms with van der Waals surface area (Å²) in [6.45, 7) is -0.0951. The first kappa shape index (κ1) is 20.1. The lowest BCUT2D eigenvalue weighted by molar-refractivity contribution is 0.0410. The van der Waals surface area contributed by atoms with Gasteiger partial charge in [-0.05, 0) is 60.9 Å². The second-order valence-corrected chi connectivity index (χ2v) is 6.85. The molecular formula is C22H19F4NO. The molecule has 0 spiro atoms. The van der Waals surface area contributed by atoms with Gasteiger partial charge in [-0.1, -0.05) is 18.2 Å². The minimum Gasteiger partial charge on any atom is -0.374 e. The second kappa shape index (κ2) is 9.03. The third kappa shape index (κ3) is 4.79. The van der Waals surface area contributed by atoms with Gasteiger partial charge in [0.25, 0.3) is 6.08 Å². The van der Waals surface area contributed by atoms with Gasteiger partial charge >= 0.3 is 0 Å². The first-order valence-corrected chi connectivity index (χ1v) is 9.10. The van der Waals surface area contributed by atoms with E-state index in [2.05, 4.69) is 0 Å². The molecule has 0 radical (unpaired) electrons. The van der Waals surface area contributed by atoms with E-state index in [0.717, 1.165) is 43.4 Å². The van der Waals surface area contributed by atoms with Gasteiger partial charge in [-0.2, -0.15) is 14.0 Å². The molecule has 0 saturated heterocycles. The van der Waals surface area contributed by atoms with Crippen LogP contribution in [0.3, 0.4) is 0 Å². The first-order chi connectivity index (χ1) is 13.5. The number of ether oxygens (including phenoxy) is 1. The van der Waals surface area contributed by atoms with Gasteiger partial charge in [0.2, 0.25) is 0 Å². The van der Waals surface area contributed by atoms with Gasteiger partial charge in [0.1, 0.15) is 17.7 Å². The highest BCUT2D eigenvalue weighted by Crippen LogP contribution is 2.36. The Hall–Kier alpha value is -2.65. The van der Waals surface area contributed by atoms with Crippen LogP contribution in [0.2, 0.25) is 0 Å². The molecule has 0 bridgehead atoms. The van der Waals surface area contributed by atoms with E-state index in [1.807, 2.05) is 6.07 Å². The van der Waals surface area contributed by atoms with Crippen molar-refractivity contribution in [3.05, 3.63) is 71.3 Å². The quantitative estimate of drug-likeness (QED) is 0.560. The van der Waals surface area contributed by atoms with Crippen LogP contribution < -0.4 is 0 Å². The van der Waals surface area contributed by atoms with E-state index in [-0.39, 0.29) is 29.8 Å². The zero-order valence-corrected chi connectivity index (χ0v) is 15.1. The number of halogens is 4. The molecule has 0 aliphatic heterocycles. The lowest BCUT2D eigenvalue weighted by Gasteiger charge is -2.28. The molecule has 2 nitrogen and oxygen atoms in total. The molecule has 0 atom stereocenters. The highest BCUT2D eigenvalue weighted by atomic mass is 19.3. The van der Waals surface area contributed by atoms with Gasteiger partial charge in [0, 0.05) is 11.6 Å². The summed E-state index contributed by atoms with van der Waals surface area (Å²) in [5, 5.41) is 8.80. The van der Waals surface area contributed by atoms with Crippen LogP contribution >= 0.6 is 0 Å². The van der Waals surface area contributed by atoms with Crippen LogP contribution in [0.5, 0.6) is 0 Å². The molecule has 0 N–H and O–H groups in total. The van der Waals surface area contributed by atoms with Crippen molar-refractivity contribution >= 4 is 0 Å². The van der Waals surface area contributed by atoms with E-state index in [9.17, 15) is 17.6 Å². The molecule has 28 heavy (non-hydrogen) atoms. The highest BCUT2D eigenvalue weighted by molar-refractivity contribution is 5.65. The van der Waals surface area contributed by atoms with Gasteiger partial charge in [-0.25, -0.2) is 8.78 Å². The average Bonchev–Trinajstić information content (AvgIpc) is 2.68. The van der Waals surface area contributed by atoms with E-state index in [4.69, 9.17) is 10.00 Å². The molecular weight excluding hydrogens is 370 g/mol. The van der Waals surface area contributed by atoms with Crippen LogP contribution in [0.1, 0.15) is 42.7 Å². The van der Waals surface area contributed by atoms with Crippen LogP contribution in [-0.4, -0.2) is 12.7 Å². The Kier molecular flexibility index (Phi) is 6.48. The fraction of sp³-hybridized carbons (Fsp3) is 0.318. The Morgan fingerprint density at radius 1 is 1.04 bits per heavy atom. The second-order valence-electron chi connectivity index (χ2n) is 6.85. The third-order valence-electron chi connectivity index (χ3n) is 5.11. The largest absolute Gasteiger partial charge is 0.374 e. The maximum absolute atomic E-state index is 14.6. The number of nitrogens with zero attached hydrogens (tertiary/aromatic N) is 1. The fourth-order valence-corrected chi connectivity index (χ4v) is 3.60. The number of benzene rings is 2. The molecule has 146 valence electrons. The summed E-state index contributed by atoms with van der Waals surface area (Å²) in [7, 11) is 0. The SMILES string of the molecule is N#Cc1ccc(-c2ccc(C3CCC(OCC=C(F)F)CC3)cc2F)cc1F. The van der Waals surface area contributed by atoms with Crippen LogP contribution in [-0.2, 0) is 4.74 Å². The van der Waals surface area contributed by atoms with Gasteiger partial charge in [0.15, 0.2) is 0 Å². The van der Waals surface area contributed by atoms with E-state index in [1.54, 1.807) is 12.1 Å². The summed E-state index contributed by atoms with van der Waals surface area (Å²) >= 11 is 0. The van der Waals surface area contributed by atoms with Crippen LogP contribution in [0.4, 0.5) is 17.6 Å². The summed E-state index contributed by atoms with van der Waals surface area (Å²) in [6.07, 6.45) is 2.00. The number of hydrogen-bond donors (Lipinski definition) is 0. The highest BCUT2D eigenvalue weighted by Gasteiger charge is 2.23. The number of rotatable bonds is 5. The van der Waals surface area contributed by atoms with Crippen molar-refractivity contribution in [2.75, 3.05) is 6.61 Å². The van der Waals surface area contributed by atoms with Crippen LogP contribution in [0.25, 0.3) is 11.1 Å². The molecule has 1 fully saturated rings. The van der Waals surface area contributed by atoms with Gasteiger partial charge < -0.3 is 4.74 Å². The maximum Gasteiger partial charge on any atom is 0.268 e. The molecule has 1 aliphatic carbocycles. The maximum atomic E-state index is 14.6. The predicted molar refractivity (Wildman–Crippen MR) is 97.8 cm³/mol. The minimum atomic E-state index is -1.74. The fourth-order valence-electron chi connectivity index (χ4n) is 3.60. The summed E-state index contributed by atoms with van der Waals surface area (Å²) in [4.78, 5) is 0. The minimum absolute atomic E-state index is 0.0578. The smallest absolute Gasteiger partial charge is 0.268 e. The average molecular weight is 389 g/mol. The van der Waals surface area contributed by atoms with Crippen molar-refractivity contribution in [2.24, 2.45) is 0 Å². The predicted octanol–water partition coefficient (Wildman–Crippen LogP) is 6.33. The van der Waals surface area contributed by atoms with Crippen molar-refractivity contribution in [3.8, 4) is 17.2 Å². The molecule has 0 heterocycles. The van der Waals surface area contributed by atoms with Crippen molar-refractivity contribution < 1.29 is 22.3 Å². The van der Waals surface area contributed by atoms with Gasteiger partial charge in [-0.3, -0.25) is 0 Å². The number of nitriles is 1. The molecule has 1 aliphatic rings. The van der Waals surface area contributed by atoms with Crippen LogP contribution in [0, 0.1) is 23.0 Å². The Morgan fingerprint density at radius 2 is 1.79 bits per heavy atom. The topological polar surface area (TPSA) is 33.0 Å². The Bertz CT molecular complexity index is 907. The lowest BCUT2D eigenvalue weighted by atomic mass is 9.82. The van der Waals surface area contributed by atoms with Gasteiger partial charge in [-0.15, -0.1) is 0 Å². The summed E-state index contributed by atoms with van der Waals surface area (Å²) in [6, 6.07) is 10.7. The Morgan fingerprint density at radius 3 is 2.39 bits per heavy atom. The van der Waals surface area contributed by atoms with E-state index in [1.165, 1.54) is 18.2 Å². The molecule has 0 unspecified atom stereocenters. The molecule has 2 aromatic rings. The molecule has 3 rings (SSSR count). The van der Waals surface area contributed by atoms with Crippen molar-refractivity contribution in [1.82, 2.24) is 0 Å².